The summed E-state index contributed by atoms with van der Waals surface area (Å²) in [5, 5.41) is 12.2. The third kappa shape index (κ3) is 6.02. The van der Waals surface area contributed by atoms with Crippen LogP contribution in [0, 0.1) is 6.92 Å². The van der Waals surface area contributed by atoms with E-state index in [-0.39, 0.29) is 0 Å². The molecule has 7 nitrogen and oxygen atoms in total. The number of ether oxygens (including phenoxy) is 1. The van der Waals surface area contributed by atoms with E-state index in [0.717, 1.165) is 63.7 Å². The summed E-state index contributed by atoms with van der Waals surface area (Å²) in [4.78, 5) is 22.1. The molecule has 226 valence electrons. The minimum atomic E-state index is -1.13. The van der Waals surface area contributed by atoms with E-state index in [1.165, 1.54) is 10.9 Å². The number of pyridine rings is 1. The molecule has 1 fully saturated rings. The van der Waals surface area contributed by atoms with Gasteiger partial charge in [-0.1, -0.05) is 23.7 Å². The average Bonchev–Trinajstić information content (AvgIpc) is 3.52. The van der Waals surface area contributed by atoms with Gasteiger partial charge in [0, 0.05) is 40.8 Å². The van der Waals surface area contributed by atoms with Crippen molar-refractivity contribution in [2.24, 2.45) is 7.05 Å². The quantitative estimate of drug-likeness (QED) is 0.164. The van der Waals surface area contributed by atoms with Crippen molar-refractivity contribution in [2.75, 3.05) is 24.9 Å². The van der Waals surface area contributed by atoms with Crippen LogP contribution in [0.3, 0.4) is 0 Å². The van der Waals surface area contributed by atoms with Crippen LogP contribution in [-0.2, 0) is 26.7 Å². The molecular formula is C33H38ClN4O3S2+. The second-order valence-electron chi connectivity index (χ2n) is 12.6. The maximum Gasteiger partial charge on any atom is 0.337 e. The third-order valence-electron chi connectivity index (χ3n) is 8.18. The first-order valence-corrected chi connectivity index (χ1v) is 17.5. The minimum Gasteiger partial charge on any atom is -0.479 e. The topological polar surface area (TPSA) is 79.6 Å². The lowest BCUT2D eigenvalue weighted by atomic mass is 9.90. The van der Waals surface area contributed by atoms with Gasteiger partial charge in [0.05, 0.1) is 16.7 Å². The van der Waals surface area contributed by atoms with Crippen LogP contribution in [0.1, 0.15) is 62.3 Å². The van der Waals surface area contributed by atoms with Crippen molar-refractivity contribution < 1.29 is 14.6 Å². The molecule has 0 aliphatic carbocycles. The number of halogens is 1. The van der Waals surface area contributed by atoms with E-state index in [9.17, 15) is 9.90 Å². The van der Waals surface area contributed by atoms with Crippen LogP contribution in [0.25, 0.3) is 22.2 Å². The Balaban J connectivity index is 1.44. The SMILES string of the molecule is Cc1cc2c(c(-c3ccc(Cl)cc3)c1[C@H](OC(C)(C)C)C(=O)O)S[S+](c1cnc3c(c1)c(C1CCN(C)CC1)cn3C)N2. The van der Waals surface area contributed by atoms with E-state index in [1.54, 1.807) is 10.8 Å². The maximum absolute atomic E-state index is 12.7. The van der Waals surface area contributed by atoms with Crippen molar-refractivity contribution in [1.29, 1.82) is 0 Å². The van der Waals surface area contributed by atoms with Gasteiger partial charge in [-0.2, -0.15) is 4.72 Å². The van der Waals surface area contributed by atoms with Crippen molar-refractivity contribution in [3.8, 4) is 11.1 Å². The van der Waals surface area contributed by atoms with Gasteiger partial charge >= 0.3 is 5.97 Å². The molecule has 1 unspecified atom stereocenters. The van der Waals surface area contributed by atoms with Crippen LogP contribution < -0.4 is 4.72 Å². The third-order valence-corrected chi connectivity index (χ3v) is 12.1. The van der Waals surface area contributed by atoms with Gasteiger partial charge in [0.2, 0.25) is 15.0 Å². The number of hydrogen-bond donors (Lipinski definition) is 2. The van der Waals surface area contributed by atoms with Gasteiger partial charge in [-0.25, -0.2) is 9.78 Å². The lowest BCUT2D eigenvalue weighted by Crippen LogP contribution is -2.29. The standard InChI is InChI=1S/C33H37ClN4O3S2/c1-19-15-26-30(28(21-7-9-22(34)10-8-21)27(19)29(32(39)40)41-33(2,3)4)42-43(36-26)23-16-24-25(18-38(6)31(24)35-17-23)20-11-13-37(5)14-12-20/h7-10,15-18,20,29,36H,11-14H2,1-6H3/p+1/t29-,43?/m0/s1. The van der Waals surface area contributed by atoms with Crippen molar-refractivity contribution in [1.82, 2.24) is 14.5 Å². The van der Waals surface area contributed by atoms with Crippen LogP contribution >= 0.6 is 22.4 Å². The number of hydrogen-bond acceptors (Lipinski definition) is 6. The second kappa shape index (κ2) is 11.7. The first kappa shape index (κ1) is 30.3. The molecule has 6 rings (SSSR count). The summed E-state index contributed by atoms with van der Waals surface area (Å²) in [5.74, 6) is -0.484. The highest BCUT2D eigenvalue weighted by Gasteiger charge is 2.42. The molecular weight excluding hydrogens is 600 g/mol. The van der Waals surface area contributed by atoms with Gasteiger partial charge in [-0.05, 0) is 101 Å². The number of carboxylic acids is 1. The fourth-order valence-corrected chi connectivity index (χ4v) is 9.97. The summed E-state index contributed by atoms with van der Waals surface area (Å²) in [7, 11) is 5.57. The zero-order valence-electron chi connectivity index (χ0n) is 25.4. The van der Waals surface area contributed by atoms with Crippen molar-refractivity contribution in [3.05, 3.63) is 70.5 Å². The highest BCUT2D eigenvalue weighted by Crippen LogP contribution is 2.53. The molecule has 0 radical (unpaired) electrons. The molecule has 43 heavy (non-hydrogen) atoms. The van der Waals surface area contributed by atoms with Crippen molar-refractivity contribution in [2.45, 2.75) is 68.0 Å². The summed E-state index contributed by atoms with van der Waals surface area (Å²) in [6.45, 7) is 9.83. The molecule has 4 aromatic rings. The molecule has 1 saturated heterocycles. The van der Waals surface area contributed by atoms with Crippen molar-refractivity contribution in [3.63, 3.8) is 0 Å². The van der Waals surface area contributed by atoms with Gasteiger partial charge in [-0.3, -0.25) is 0 Å². The van der Waals surface area contributed by atoms with Gasteiger partial charge in [0.25, 0.3) is 0 Å². The number of carboxylic acid groups (broad SMARTS) is 1. The fourth-order valence-electron chi connectivity index (χ4n) is 6.13. The lowest BCUT2D eigenvalue weighted by Gasteiger charge is -2.28. The Bertz CT molecular complexity index is 1690. The number of rotatable bonds is 6. The zero-order chi connectivity index (χ0) is 30.6. The largest absolute Gasteiger partial charge is 0.479 e. The van der Waals surface area contributed by atoms with E-state index >= 15 is 0 Å². The number of carbonyl (C=O) groups is 1. The van der Waals surface area contributed by atoms with E-state index in [2.05, 4.69) is 46.6 Å². The molecule has 2 aromatic carbocycles. The van der Waals surface area contributed by atoms with Gasteiger partial charge in [-0.15, -0.1) is 0 Å². The lowest BCUT2D eigenvalue weighted by molar-refractivity contribution is -0.160. The summed E-state index contributed by atoms with van der Waals surface area (Å²) >= 11 is 6.27. The predicted octanol–water partition coefficient (Wildman–Crippen LogP) is 7.98. The number of nitrogens with zero attached hydrogens (tertiary/aromatic N) is 3. The van der Waals surface area contributed by atoms with E-state index in [4.69, 9.17) is 21.3 Å². The Morgan fingerprint density at radius 1 is 1.19 bits per heavy atom. The average molecular weight is 638 g/mol. The smallest absolute Gasteiger partial charge is 0.337 e. The van der Waals surface area contributed by atoms with E-state index in [0.29, 0.717) is 16.5 Å². The molecule has 4 heterocycles. The van der Waals surface area contributed by atoms with Gasteiger partial charge in [0.15, 0.2) is 16.9 Å². The molecule has 2 atom stereocenters. The van der Waals surface area contributed by atoms with E-state index in [1.807, 2.05) is 58.2 Å². The number of piperidine rings is 1. The number of anilines is 1. The highest BCUT2D eigenvalue weighted by atomic mass is 35.5. The zero-order valence-corrected chi connectivity index (χ0v) is 27.8. The van der Waals surface area contributed by atoms with Crippen LogP contribution in [0.5, 0.6) is 0 Å². The first-order valence-electron chi connectivity index (χ1n) is 14.6. The minimum absolute atomic E-state index is 0.428. The van der Waals surface area contributed by atoms with Gasteiger partial charge in [0.1, 0.15) is 11.3 Å². The predicted molar refractivity (Wildman–Crippen MR) is 178 cm³/mol. The molecule has 0 spiro atoms. The molecule has 2 aromatic heterocycles. The molecule has 2 aliphatic heterocycles. The molecule has 2 N–H and O–H groups in total. The number of benzene rings is 2. The molecule has 0 saturated carbocycles. The summed E-state index contributed by atoms with van der Waals surface area (Å²) in [6, 6.07) is 12.0. The molecule has 0 amide bonds. The Hall–Kier alpha value is -2.69. The molecule has 2 aliphatic rings. The van der Waals surface area contributed by atoms with Crippen LogP contribution in [0.15, 0.2) is 58.6 Å². The van der Waals surface area contributed by atoms with Gasteiger partial charge < -0.3 is 19.3 Å². The number of aromatic nitrogens is 2. The number of nitrogens with one attached hydrogen (secondary N) is 1. The van der Waals surface area contributed by atoms with E-state index < -0.39 is 27.8 Å². The Labute approximate surface area is 264 Å². The fraction of sp³-hybridized carbons (Fsp3) is 0.394. The van der Waals surface area contributed by atoms with Crippen LogP contribution in [0.4, 0.5) is 5.69 Å². The van der Waals surface area contributed by atoms with Crippen molar-refractivity contribution >= 4 is 55.2 Å². The molecule has 0 bridgehead atoms. The molecule has 10 heteroatoms. The van der Waals surface area contributed by atoms with Crippen LogP contribution in [0.2, 0.25) is 5.02 Å². The number of aliphatic carboxylic acids is 1. The second-order valence-corrected chi connectivity index (χ2v) is 16.3. The highest BCUT2D eigenvalue weighted by molar-refractivity contribution is 8.75. The summed E-state index contributed by atoms with van der Waals surface area (Å²) < 4.78 is 12.1. The number of fused-ring (bicyclic) bond motifs is 2. The van der Waals surface area contributed by atoms with Crippen LogP contribution in [-0.4, -0.2) is 51.3 Å². The maximum atomic E-state index is 12.7. The Morgan fingerprint density at radius 2 is 1.88 bits per heavy atom. The summed E-state index contributed by atoms with van der Waals surface area (Å²) in [5.41, 5.74) is 6.04. The summed E-state index contributed by atoms with van der Waals surface area (Å²) in [6.07, 6.45) is 5.42. The monoisotopic (exact) mass is 637 g/mol. The Kier molecular flexibility index (Phi) is 8.23. The number of likely N-dealkylation sites (tertiary alicyclic amines) is 1. The normalized spacial score (nSPS) is 18.5. The number of aryl methyl sites for hydroxylation is 2. The first-order chi connectivity index (χ1) is 20.4. The Morgan fingerprint density at radius 3 is 2.53 bits per heavy atom.